The fourth-order valence-electron chi connectivity index (χ4n) is 2.65. The number of fused-ring (bicyclic) bond motifs is 1. The van der Waals surface area contributed by atoms with Crippen LogP contribution in [0.5, 0.6) is 0 Å². The van der Waals surface area contributed by atoms with Crippen molar-refractivity contribution in [1.82, 2.24) is 9.80 Å². The zero-order chi connectivity index (χ0) is 19.6. The van der Waals surface area contributed by atoms with Gasteiger partial charge in [0, 0.05) is 20.6 Å². The van der Waals surface area contributed by atoms with Crippen molar-refractivity contribution in [2.45, 2.75) is 33.3 Å². The predicted octanol–water partition coefficient (Wildman–Crippen LogP) is 1.96. The summed E-state index contributed by atoms with van der Waals surface area (Å²) < 4.78 is 5.15. The molecule has 0 spiro atoms. The van der Waals surface area contributed by atoms with E-state index in [-0.39, 0.29) is 28.5 Å². The maximum Gasteiger partial charge on any atom is 0.338 e. The van der Waals surface area contributed by atoms with Crippen LogP contribution in [-0.2, 0) is 9.53 Å². The summed E-state index contributed by atoms with van der Waals surface area (Å²) in [6.45, 7) is 5.86. The lowest BCUT2D eigenvalue weighted by atomic mass is 10.1. The Morgan fingerprint density at radius 3 is 2.27 bits per heavy atom. The number of esters is 1. The minimum absolute atomic E-state index is 0.133. The largest absolute Gasteiger partial charge is 0.449 e. The van der Waals surface area contributed by atoms with Gasteiger partial charge in [-0.25, -0.2) is 4.79 Å². The van der Waals surface area contributed by atoms with Crippen molar-refractivity contribution in [2.75, 3.05) is 20.6 Å². The first-order valence-electron chi connectivity index (χ1n) is 8.55. The minimum atomic E-state index is -0.939. The SMILES string of the molecule is CC(C)CCN1C(=O)c2ccc(C(=O)O[C@H](C)C(=O)N(C)C)cc2C1=O. The van der Waals surface area contributed by atoms with Crippen molar-refractivity contribution in [2.24, 2.45) is 5.92 Å². The van der Waals surface area contributed by atoms with Gasteiger partial charge >= 0.3 is 5.97 Å². The molecule has 7 heteroatoms. The summed E-state index contributed by atoms with van der Waals surface area (Å²) in [5.74, 6) is -1.44. The standard InChI is InChI=1S/C19H24N2O5/c1-11(2)8-9-21-17(23)14-7-6-13(10-15(14)18(21)24)19(25)26-12(3)16(22)20(4)5/h6-7,10-12H,8-9H2,1-5H3/t12-/m1/s1. The first-order chi connectivity index (χ1) is 12.1. The summed E-state index contributed by atoms with van der Waals surface area (Å²) in [7, 11) is 3.14. The summed E-state index contributed by atoms with van der Waals surface area (Å²) in [6, 6.07) is 4.26. The molecule has 0 fully saturated rings. The van der Waals surface area contributed by atoms with Crippen LogP contribution in [0.4, 0.5) is 0 Å². The monoisotopic (exact) mass is 360 g/mol. The van der Waals surface area contributed by atoms with Gasteiger partial charge in [-0.3, -0.25) is 19.3 Å². The summed E-state index contributed by atoms with van der Waals surface area (Å²) >= 11 is 0. The van der Waals surface area contributed by atoms with Crippen LogP contribution in [0.2, 0.25) is 0 Å². The van der Waals surface area contributed by atoms with Crippen LogP contribution >= 0.6 is 0 Å². The molecule has 1 heterocycles. The molecule has 1 aliphatic heterocycles. The Hall–Kier alpha value is -2.70. The summed E-state index contributed by atoms with van der Waals surface area (Å²) in [5, 5.41) is 0. The minimum Gasteiger partial charge on any atom is -0.449 e. The van der Waals surface area contributed by atoms with Crippen molar-refractivity contribution in [3.8, 4) is 0 Å². The molecule has 1 aromatic carbocycles. The Labute approximate surface area is 152 Å². The molecule has 1 aliphatic rings. The van der Waals surface area contributed by atoms with Crippen molar-refractivity contribution < 1.29 is 23.9 Å². The molecule has 0 saturated carbocycles. The number of imide groups is 1. The lowest BCUT2D eigenvalue weighted by Crippen LogP contribution is -2.34. The highest BCUT2D eigenvalue weighted by Gasteiger charge is 2.36. The number of amides is 3. The lowest BCUT2D eigenvalue weighted by molar-refractivity contribution is -0.137. The molecule has 0 bridgehead atoms. The Morgan fingerprint density at radius 2 is 1.69 bits per heavy atom. The zero-order valence-corrected chi connectivity index (χ0v) is 15.7. The third-order valence-corrected chi connectivity index (χ3v) is 4.21. The zero-order valence-electron chi connectivity index (χ0n) is 15.7. The number of hydrogen-bond donors (Lipinski definition) is 0. The van der Waals surface area contributed by atoms with Gasteiger partial charge in [0.15, 0.2) is 6.10 Å². The molecular formula is C19H24N2O5. The van der Waals surface area contributed by atoms with Gasteiger partial charge in [0.25, 0.3) is 17.7 Å². The van der Waals surface area contributed by atoms with Gasteiger partial charge in [-0.1, -0.05) is 13.8 Å². The lowest BCUT2D eigenvalue weighted by Gasteiger charge is -2.17. The van der Waals surface area contributed by atoms with Crippen LogP contribution < -0.4 is 0 Å². The maximum absolute atomic E-state index is 12.5. The molecule has 7 nitrogen and oxygen atoms in total. The molecule has 0 aliphatic carbocycles. The van der Waals surface area contributed by atoms with Crippen LogP contribution in [-0.4, -0.2) is 60.2 Å². The number of nitrogens with zero attached hydrogens (tertiary/aromatic N) is 2. The molecule has 0 radical (unpaired) electrons. The Morgan fingerprint density at radius 1 is 1.08 bits per heavy atom. The second-order valence-electron chi connectivity index (χ2n) is 6.99. The Bertz CT molecular complexity index is 754. The quantitative estimate of drug-likeness (QED) is 0.572. The van der Waals surface area contributed by atoms with Crippen LogP contribution in [0.1, 0.15) is 58.3 Å². The molecule has 0 unspecified atom stereocenters. The van der Waals surface area contributed by atoms with Gasteiger partial charge in [0.05, 0.1) is 16.7 Å². The molecule has 1 atom stereocenters. The number of carbonyl (C=O) groups excluding carboxylic acids is 4. The van der Waals surface area contributed by atoms with E-state index in [9.17, 15) is 19.2 Å². The van der Waals surface area contributed by atoms with Gasteiger partial charge in [-0.15, -0.1) is 0 Å². The third-order valence-electron chi connectivity index (χ3n) is 4.21. The molecule has 0 N–H and O–H groups in total. The average molecular weight is 360 g/mol. The maximum atomic E-state index is 12.5. The summed E-state index contributed by atoms with van der Waals surface area (Å²) in [5.41, 5.74) is 0.613. The molecule has 3 amide bonds. The molecule has 140 valence electrons. The fraction of sp³-hybridized carbons (Fsp3) is 0.474. The van der Waals surface area contributed by atoms with E-state index < -0.39 is 18.0 Å². The number of rotatable bonds is 6. The van der Waals surface area contributed by atoms with E-state index in [0.717, 1.165) is 0 Å². The third kappa shape index (κ3) is 3.92. The van der Waals surface area contributed by atoms with Crippen LogP contribution in [0, 0.1) is 5.92 Å². The molecule has 2 rings (SSSR count). The van der Waals surface area contributed by atoms with E-state index in [4.69, 9.17) is 4.74 Å². The topological polar surface area (TPSA) is 84.0 Å². The summed E-state index contributed by atoms with van der Waals surface area (Å²) in [6.07, 6.45) is -0.226. The second kappa shape index (κ2) is 7.68. The van der Waals surface area contributed by atoms with Crippen LogP contribution in [0.25, 0.3) is 0 Å². The number of carbonyl (C=O) groups is 4. The number of benzene rings is 1. The normalized spacial score (nSPS) is 14.5. The molecule has 0 aromatic heterocycles. The number of ether oxygens (including phenoxy) is 1. The highest BCUT2D eigenvalue weighted by Crippen LogP contribution is 2.25. The van der Waals surface area contributed by atoms with E-state index in [2.05, 4.69) is 0 Å². The predicted molar refractivity (Wildman–Crippen MR) is 94.8 cm³/mol. The van der Waals surface area contributed by atoms with Gasteiger partial charge in [-0.2, -0.15) is 0 Å². The van der Waals surface area contributed by atoms with Crippen LogP contribution in [0.3, 0.4) is 0 Å². The van der Waals surface area contributed by atoms with E-state index in [0.29, 0.717) is 18.9 Å². The van der Waals surface area contributed by atoms with Gasteiger partial charge in [0.1, 0.15) is 0 Å². The summed E-state index contributed by atoms with van der Waals surface area (Å²) in [4.78, 5) is 51.5. The molecule has 26 heavy (non-hydrogen) atoms. The Kier molecular flexibility index (Phi) is 5.79. The van der Waals surface area contributed by atoms with Crippen molar-refractivity contribution in [3.63, 3.8) is 0 Å². The highest BCUT2D eigenvalue weighted by molar-refractivity contribution is 6.22. The highest BCUT2D eigenvalue weighted by atomic mass is 16.5. The van der Waals surface area contributed by atoms with Crippen molar-refractivity contribution >= 4 is 23.7 Å². The van der Waals surface area contributed by atoms with Crippen LogP contribution in [0.15, 0.2) is 18.2 Å². The van der Waals surface area contributed by atoms with E-state index in [1.807, 2.05) is 13.8 Å². The molecular weight excluding hydrogens is 336 g/mol. The van der Waals surface area contributed by atoms with E-state index in [1.165, 1.54) is 34.9 Å². The van der Waals surface area contributed by atoms with Gasteiger partial charge in [-0.05, 0) is 37.5 Å². The van der Waals surface area contributed by atoms with Gasteiger partial charge in [0.2, 0.25) is 0 Å². The van der Waals surface area contributed by atoms with Crippen molar-refractivity contribution in [3.05, 3.63) is 34.9 Å². The van der Waals surface area contributed by atoms with Crippen molar-refractivity contribution in [1.29, 1.82) is 0 Å². The van der Waals surface area contributed by atoms with E-state index >= 15 is 0 Å². The first-order valence-corrected chi connectivity index (χ1v) is 8.55. The van der Waals surface area contributed by atoms with Gasteiger partial charge < -0.3 is 9.64 Å². The Balaban J connectivity index is 2.17. The molecule has 1 aromatic rings. The fourth-order valence-corrected chi connectivity index (χ4v) is 2.65. The van der Waals surface area contributed by atoms with E-state index in [1.54, 1.807) is 14.1 Å². The first kappa shape index (κ1) is 19.6. The average Bonchev–Trinajstić information content (AvgIpc) is 2.82. The number of hydrogen-bond acceptors (Lipinski definition) is 5. The number of likely N-dealkylation sites (N-methyl/N-ethyl adjacent to an activating group) is 1. The second-order valence-corrected chi connectivity index (χ2v) is 6.99. The molecule has 0 saturated heterocycles. The smallest absolute Gasteiger partial charge is 0.338 e.